The van der Waals surface area contributed by atoms with Gasteiger partial charge in [0.15, 0.2) is 0 Å². The molecule has 2 fully saturated rings. The van der Waals surface area contributed by atoms with Crippen molar-refractivity contribution in [2.45, 2.75) is 31.3 Å². The van der Waals surface area contributed by atoms with Gasteiger partial charge in [-0.25, -0.2) is 4.98 Å². The van der Waals surface area contributed by atoms with E-state index in [0.717, 1.165) is 12.8 Å². The van der Waals surface area contributed by atoms with Crippen molar-refractivity contribution in [3.8, 4) is 0 Å². The summed E-state index contributed by atoms with van der Waals surface area (Å²) in [6, 6.07) is 5.82. The van der Waals surface area contributed by atoms with E-state index in [4.69, 9.17) is 11.6 Å². The minimum atomic E-state index is -0.00969. The van der Waals surface area contributed by atoms with E-state index in [1.54, 1.807) is 18.2 Å². The summed E-state index contributed by atoms with van der Waals surface area (Å²) in [6.45, 7) is 0. The highest BCUT2D eigenvalue weighted by Crippen LogP contribution is 2.41. The lowest BCUT2D eigenvalue weighted by molar-refractivity contribution is -0.122. The van der Waals surface area contributed by atoms with Gasteiger partial charge in [0.2, 0.25) is 5.91 Å². The number of amides is 1. The summed E-state index contributed by atoms with van der Waals surface area (Å²) in [4.78, 5) is 18.6. The van der Waals surface area contributed by atoms with Gasteiger partial charge < -0.3 is 5.32 Å². The molecule has 1 N–H and O–H groups in total. The highest BCUT2D eigenvalue weighted by atomic mass is 35.5. The molecule has 3 rings (SSSR count). The van der Waals surface area contributed by atoms with Crippen molar-refractivity contribution in [2.24, 2.45) is 5.92 Å². The summed E-state index contributed by atoms with van der Waals surface area (Å²) >= 11 is 5.81. The van der Waals surface area contributed by atoms with Gasteiger partial charge in [-0.3, -0.25) is 9.69 Å². The number of nitrogens with one attached hydrogen (secondary N) is 1. The summed E-state index contributed by atoms with van der Waals surface area (Å²) in [5, 5.41) is 3.26. The highest BCUT2D eigenvalue weighted by Gasteiger charge is 2.47. The molecule has 4 nitrogen and oxygen atoms in total. The molecular formula is C13H16ClN3O. The lowest BCUT2D eigenvalue weighted by atomic mass is 9.98. The maximum Gasteiger partial charge on any atom is 0.243 e. The number of halogens is 1. The molecule has 1 aromatic rings. The zero-order chi connectivity index (χ0) is 12.7. The lowest BCUT2D eigenvalue weighted by Gasteiger charge is -2.30. The largest absolute Gasteiger partial charge is 0.309 e. The third kappa shape index (κ3) is 1.99. The number of pyridine rings is 1. The number of rotatable bonds is 2. The van der Waals surface area contributed by atoms with Crippen LogP contribution in [0.15, 0.2) is 18.2 Å². The molecule has 1 aliphatic heterocycles. The van der Waals surface area contributed by atoms with Crippen LogP contribution in [0.4, 0.5) is 5.82 Å². The summed E-state index contributed by atoms with van der Waals surface area (Å²) in [5.41, 5.74) is 0. The zero-order valence-corrected chi connectivity index (χ0v) is 11.0. The van der Waals surface area contributed by atoms with Crippen LogP contribution in [0.25, 0.3) is 0 Å². The number of carbonyl (C=O) groups excluding carboxylic acids is 1. The summed E-state index contributed by atoms with van der Waals surface area (Å²) < 4.78 is 0. The molecule has 1 saturated carbocycles. The van der Waals surface area contributed by atoms with Crippen LogP contribution in [0.5, 0.6) is 0 Å². The Bertz CT molecular complexity index is 477. The Hall–Kier alpha value is -1.13. The zero-order valence-electron chi connectivity index (χ0n) is 10.3. The first-order valence-corrected chi connectivity index (χ1v) is 6.68. The number of hydrogen-bond donors (Lipinski definition) is 1. The number of carbonyl (C=O) groups is 1. The quantitative estimate of drug-likeness (QED) is 0.834. The second-order valence-electron chi connectivity index (χ2n) is 5.17. The van der Waals surface area contributed by atoms with E-state index in [9.17, 15) is 4.79 Å². The first kappa shape index (κ1) is 11.9. The Morgan fingerprint density at radius 1 is 1.50 bits per heavy atom. The van der Waals surface area contributed by atoms with Crippen LogP contribution in [0.1, 0.15) is 19.3 Å². The number of piperidine rings is 1. The monoisotopic (exact) mass is 265 g/mol. The Morgan fingerprint density at radius 3 is 3.00 bits per heavy atom. The van der Waals surface area contributed by atoms with Gasteiger partial charge >= 0.3 is 0 Å². The van der Waals surface area contributed by atoms with Gasteiger partial charge in [0, 0.05) is 6.04 Å². The van der Waals surface area contributed by atoms with Gasteiger partial charge in [-0.15, -0.1) is 0 Å². The normalized spacial score (nSPS) is 30.7. The van der Waals surface area contributed by atoms with Gasteiger partial charge in [0.1, 0.15) is 11.0 Å². The van der Waals surface area contributed by atoms with E-state index in [0.29, 0.717) is 22.9 Å². The first-order valence-electron chi connectivity index (χ1n) is 6.30. The molecule has 5 heteroatoms. The summed E-state index contributed by atoms with van der Waals surface area (Å²) in [6.07, 6.45) is 3.54. The smallest absolute Gasteiger partial charge is 0.243 e. The van der Waals surface area contributed by atoms with Crippen molar-refractivity contribution in [3.05, 3.63) is 23.4 Å². The third-order valence-electron chi connectivity index (χ3n) is 4.14. The standard InChI is InChI=1S/C13H16ClN3O/c1-17-9-6-5-8(7-9)12(17)13(18)16-11-4-2-3-10(14)15-11/h2-4,8-9,12H,5-7H2,1H3,(H,15,16,18). The molecule has 0 radical (unpaired) electrons. The van der Waals surface area contributed by atoms with E-state index < -0.39 is 0 Å². The Labute approximate surface area is 111 Å². The molecule has 96 valence electrons. The molecule has 3 unspecified atom stereocenters. The Kier molecular flexibility index (Phi) is 2.99. The highest BCUT2D eigenvalue weighted by molar-refractivity contribution is 6.29. The molecule has 3 atom stereocenters. The molecular weight excluding hydrogens is 250 g/mol. The van der Waals surface area contributed by atoms with E-state index >= 15 is 0 Å². The van der Waals surface area contributed by atoms with Crippen molar-refractivity contribution in [1.82, 2.24) is 9.88 Å². The second-order valence-corrected chi connectivity index (χ2v) is 5.56. The lowest BCUT2D eigenvalue weighted by Crippen LogP contribution is -2.45. The molecule has 0 aromatic carbocycles. The average molecular weight is 266 g/mol. The van der Waals surface area contributed by atoms with Gasteiger partial charge in [-0.1, -0.05) is 17.7 Å². The fourth-order valence-corrected chi connectivity index (χ4v) is 3.45. The number of nitrogens with zero attached hydrogens (tertiary/aromatic N) is 2. The van der Waals surface area contributed by atoms with E-state index in [1.165, 1.54) is 6.42 Å². The fourth-order valence-electron chi connectivity index (χ4n) is 3.29. The number of likely N-dealkylation sites (N-methyl/N-ethyl adjacent to an activating group) is 1. The van der Waals surface area contributed by atoms with Crippen LogP contribution in [0.2, 0.25) is 5.15 Å². The van der Waals surface area contributed by atoms with Crippen molar-refractivity contribution in [1.29, 1.82) is 0 Å². The van der Waals surface area contributed by atoms with Gasteiger partial charge in [0.05, 0.1) is 6.04 Å². The molecule has 1 aromatic heterocycles. The van der Waals surface area contributed by atoms with E-state index in [2.05, 4.69) is 15.2 Å². The van der Waals surface area contributed by atoms with Crippen LogP contribution < -0.4 is 5.32 Å². The van der Waals surface area contributed by atoms with E-state index in [-0.39, 0.29) is 11.9 Å². The number of likely N-dealkylation sites (tertiary alicyclic amines) is 1. The Morgan fingerprint density at radius 2 is 2.33 bits per heavy atom. The van der Waals surface area contributed by atoms with Crippen molar-refractivity contribution in [3.63, 3.8) is 0 Å². The predicted octanol–water partition coefficient (Wildman–Crippen LogP) is 2.16. The molecule has 18 heavy (non-hydrogen) atoms. The minimum Gasteiger partial charge on any atom is -0.309 e. The van der Waals surface area contributed by atoms with Crippen molar-refractivity contribution >= 4 is 23.3 Å². The maximum atomic E-state index is 12.3. The Balaban J connectivity index is 1.72. The number of anilines is 1. The number of hydrogen-bond acceptors (Lipinski definition) is 3. The van der Waals surface area contributed by atoms with Crippen molar-refractivity contribution in [2.75, 3.05) is 12.4 Å². The molecule has 1 aliphatic carbocycles. The fraction of sp³-hybridized carbons (Fsp3) is 0.538. The summed E-state index contributed by atoms with van der Waals surface area (Å²) in [5.74, 6) is 1.07. The van der Waals surface area contributed by atoms with Gasteiger partial charge in [-0.05, 0) is 44.4 Å². The maximum absolute atomic E-state index is 12.3. The van der Waals surface area contributed by atoms with Crippen LogP contribution >= 0.6 is 11.6 Å². The molecule has 2 aliphatic rings. The summed E-state index contributed by atoms with van der Waals surface area (Å²) in [7, 11) is 2.04. The predicted molar refractivity (Wildman–Crippen MR) is 70.6 cm³/mol. The number of aromatic nitrogens is 1. The van der Waals surface area contributed by atoms with Gasteiger partial charge in [-0.2, -0.15) is 0 Å². The second kappa shape index (κ2) is 4.52. The molecule has 2 heterocycles. The SMILES string of the molecule is CN1C2CCC(C2)C1C(=O)Nc1cccc(Cl)n1. The average Bonchev–Trinajstić information content (AvgIpc) is 2.89. The van der Waals surface area contributed by atoms with Crippen LogP contribution in [0.3, 0.4) is 0 Å². The molecule has 2 bridgehead atoms. The van der Waals surface area contributed by atoms with Crippen LogP contribution in [-0.4, -0.2) is 34.9 Å². The topological polar surface area (TPSA) is 45.2 Å². The first-order chi connectivity index (χ1) is 8.65. The third-order valence-corrected chi connectivity index (χ3v) is 4.35. The molecule has 0 spiro atoms. The number of fused-ring (bicyclic) bond motifs is 2. The van der Waals surface area contributed by atoms with Crippen LogP contribution in [0, 0.1) is 5.92 Å². The minimum absolute atomic E-state index is 0.00969. The van der Waals surface area contributed by atoms with Crippen molar-refractivity contribution < 1.29 is 4.79 Å². The molecule has 1 saturated heterocycles. The van der Waals surface area contributed by atoms with Crippen LogP contribution in [-0.2, 0) is 4.79 Å². The van der Waals surface area contributed by atoms with Gasteiger partial charge in [0.25, 0.3) is 0 Å². The molecule has 1 amide bonds. The van der Waals surface area contributed by atoms with E-state index in [1.807, 2.05) is 7.05 Å².